The van der Waals surface area contributed by atoms with E-state index in [1.54, 1.807) is 0 Å². The number of pyridine rings is 1. The van der Waals surface area contributed by atoms with Crippen LogP contribution in [0.1, 0.15) is 45.0 Å². The van der Waals surface area contributed by atoms with Crippen LogP contribution >= 0.6 is 0 Å². The van der Waals surface area contributed by atoms with Gasteiger partial charge in [-0.2, -0.15) is 0 Å². The summed E-state index contributed by atoms with van der Waals surface area (Å²) >= 11 is 0. The van der Waals surface area contributed by atoms with Crippen LogP contribution in [0.15, 0.2) is 18.2 Å². The second-order valence-electron chi connectivity index (χ2n) is 7.04. The van der Waals surface area contributed by atoms with Crippen molar-refractivity contribution >= 4 is 0 Å². The van der Waals surface area contributed by atoms with Gasteiger partial charge in [-0.05, 0) is 51.7 Å². The van der Waals surface area contributed by atoms with Crippen molar-refractivity contribution in [3.05, 3.63) is 29.6 Å². The van der Waals surface area contributed by atoms with E-state index in [0.29, 0.717) is 6.54 Å². The summed E-state index contributed by atoms with van der Waals surface area (Å²) in [7, 11) is 0. The highest BCUT2D eigenvalue weighted by molar-refractivity contribution is 5.12. The quantitative estimate of drug-likeness (QED) is 0.781. The molecule has 2 rings (SSSR count). The number of terminal acetylenes is 1. The number of nitrogens with zero attached hydrogens (tertiary/aromatic N) is 2. The minimum atomic E-state index is 0.110. The lowest BCUT2D eigenvalue weighted by molar-refractivity contribution is 0.283. The van der Waals surface area contributed by atoms with Gasteiger partial charge in [0.1, 0.15) is 0 Å². The van der Waals surface area contributed by atoms with E-state index in [0.717, 1.165) is 36.9 Å². The zero-order valence-electron chi connectivity index (χ0n) is 13.5. The first-order chi connectivity index (χ1) is 9.96. The first-order valence-electron chi connectivity index (χ1n) is 7.82. The van der Waals surface area contributed by atoms with Crippen LogP contribution in [-0.2, 0) is 13.1 Å². The minimum absolute atomic E-state index is 0.110. The van der Waals surface area contributed by atoms with Crippen LogP contribution in [0.5, 0.6) is 0 Å². The summed E-state index contributed by atoms with van der Waals surface area (Å²) in [4.78, 5) is 7.09. The van der Waals surface area contributed by atoms with Gasteiger partial charge >= 0.3 is 0 Å². The number of rotatable bonds is 7. The van der Waals surface area contributed by atoms with Crippen LogP contribution in [0.4, 0.5) is 0 Å². The Kier molecular flexibility index (Phi) is 5.39. The molecule has 0 atom stereocenters. The summed E-state index contributed by atoms with van der Waals surface area (Å²) in [6.45, 7) is 9.97. The van der Waals surface area contributed by atoms with Crippen molar-refractivity contribution in [2.75, 3.05) is 13.1 Å². The average Bonchev–Trinajstić information content (AvgIpc) is 3.20. The molecule has 1 aliphatic carbocycles. The number of hydrogen-bond acceptors (Lipinski definition) is 3. The number of hydrogen-bond donors (Lipinski definition) is 1. The number of aromatic nitrogens is 1. The van der Waals surface area contributed by atoms with Gasteiger partial charge in [0.05, 0.1) is 17.9 Å². The molecule has 1 fully saturated rings. The van der Waals surface area contributed by atoms with E-state index in [4.69, 9.17) is 11.4 Å². The Labute approximate surface area is 129 Å². The van der Waals surface area contributed by atoms with Crippen molar-refractivity contribution < 1.29 is 0 Å². The van der Waals surface area contributed by atoms with Crippen molar-refractivity contribution in [3.8, 4) is 12.3 Å². The highest BCUT2D eigenvalue weighted by Crippen LogP contribution is 2.29. The predicted molar refractivity (Wildman–Crippen MR) is 87.7 cm³/mol. The lowest BCUT2D eigenvalue weighted by Gasteiger charge is -2.21. The molecule has 0 amide bonds. The van der Waals surface area contributed by atoms with Crippen LogP contribution in [0, 0.1) is 18.3 Å². The summed E-state index contributed by atoms with van der Waals surface area (Å²) < 4.78 is 0. The third kappa shape index (κ3) is 6.29. The highest BCUT2D eigenvalue weighted by Gasteiger charge is 2.24. The summed E-state index contributed by atoms with van der Waals surface area (Å²) in [5.74, 6) is 3.62. The van der Waals surface area contributed by atoms with E-state index in [9.17, 15) is 0 Å². The molecule has 0 unspecified atom stereocenters. The molecule has 0 aromatic carbocycles. The molecular weight excluding hydrogens is 258 g/mol. The van der Waals surface area contributed by atoms with Crippen LogP contribution < -0.4 is 5.32 Å². The van der Waals surface area contributed by atoms with Gasteiger partial charge in [-0.15, -0.1) is 6.42 Å². The second-order valence-corrected chi connectivity index (χ2v) is 7.04. The summed E-state index contributed by atoms with van der Waals surface area (Å²) in [6.07, 6.45) is 8.19. The third-order valence-corrected chi connectivity index (χ3v) is 3.58. The fraction of sp³-hybridized carbons (Fsp3) is 0.611. The summed E-state index contributed by atoms with van der Waals surface area (Å²) in [6, 6.07) is 6.26. The maximum Gasteiger partial charge on any atom is 0.0602 e. The van der Waals surface area contributed by atoms with E-state index in [1.165, 1.54) is 12.8 Å². The molecule has 3 nitrogen and oxygen atoms in total. The standard InChI is InChI=1S/C18H27N3/c1-5-11-21(13-15-9-10-15)14-17-8-6-7-16(20-17)12-19-18(2,3)4/h1,6-8,15,19H,9-14H2,2-4H3. The maximum absolute atomic E-state index is 5.48. The predicted octanol–water partition coefficient (Wildman–Crippen LogP) is 2.81. The molecular formula is C18H27N3. The highest BCUT2D eigenvalue weighted by atomic mass is 15.1. The van der Waals surface area contributed by atoms with Crippen LogP contribution in [0.2, 0.25) is 0 Å². The van der Waals surface area contributed by atoms with Gasteiger partial charge in [-0.1, -0.05) is 12.0 Å². The van der Waals surface area contributed by atoms with Crippen molar-refractivity contribution in [2.45, 2.75) is 52.2 Å². The maximum atomic E-state index is 5.48. The Balaban J connectivity index is 1.93. The summed E-state index contributed by atoms with van der Waals surface area (Å²) in [5.41, 5.74) is 2.31. The SMILES string of the molecule is C#CCN(Cc1cccc(CNC(C)(C)C)n1)CC1CC1. The van der Waals surface area contributed by atoms with Crippen molar-refractivity contribution in [1.29, 1.82) is 0 Å². The van der Waals surface area contributed by atoms with E-state index in [1.807, 2.05) is 0 Å². The molecule has 0 aliphatic heterocycles. The first kappa shape index (κ1) is 16.0. The fourth-order valence-electron chi connectivity index (χ4n) is 2.28. The van der Waals surface area contributed by atoms with Crippen LogP contribution in [0.3, 0.4) is 0 Å². The molecule has 114 valence electrons. The lowest BCUT2D eigenvalue weighted by Crippen LogP contribution is -2.35. The Morgan fingerprint density at radius 3 is 2.67 bits per heavy atom. The molecule has 1 heterocycles. The lowest BCUT2D eigenvalue weighted by atomic mass is 10.1. The normalized spacial score (nSPS) is 15.2. The molecule has 0 bridgehead atoms. The first-order valence-corrected chi connectivity index (χ1v) is 7.82. The Bertz CT molecular complexity index is 492. The van der Waals surface area contributed by atoms with E-state index in [-0.39, 0.29) is 5.54 Å². The summed E-state index contributed by atoms with van der Waals surface area (Å²) in [5, 5.41) is 3.48. The van der Waals surface area contributed by atoms with Gasteiger partial charge in [0.15, 0.2) is 0 Å². The van der Waals surface area contributed by atoms with Crippen molar-refractivity contribution in [3.63, 3.8) is 0 Å². The van der Waals surface area contributed by atoms with E-state index >= 15 is 0 Å². The molecule has 1 aliphatic rings. The van der Waals surface area contributed by atoms with Crippen molar-refractivity contribution in [2.24, 2.45) is 5.92 Å². The Hall–Kier alpha value is -1.37. The van der Waals surface area contributed by atoms with Crippen LogP contribution in [-0.4, -0.2) is 28.5 Å². The second kappa shape index (κ2) is 7.06. The van der Waals surface area contributed by atoms with Gasteiger partial charge in [-0.25, -0.2) is 0 Å². The monoisotopic (exact) mass is 285 g/mol. The fourth-order valence-corrected chi connectivity index (χ4v) is 2.28. The van der Waals surface area contributed by atoms with Gasteiger partial charge in [0.25, 0.3) is 0 Å². The van der Waals surface area contributed by atoms with E-state index in [2.05, 4.69) is 55.1 Å². The van der Waals surface area contributed by atoms with Gasteiger partial charge in [0, 0.05) is 25.2 Å². The molecule has 0 spiro atoms. The van der Waals surface area contributed by atoms with Crippen LogP contribution in [0.25, 0.3) is 0 Å². The average molecular weight is 285 g/mol. The zero-order valence-corrected chi connectivity index (χ0v) is 13.5. The van der Waals surface area contributed by atoms with Gasteiger partial charge in [-0.3, -0.25) is 9.88 Å². The Morgan fingerprint density at radius 1 is 1.33 bits per heavy atom. The molecule has 3 heteroatoms. The molecule has 1 saturated carbocycles. The number of nitrogens with one attached hydrogen (secondary N) is 1. The molecule has 0 radical (unpaired) electrons. The smallest absolute Gasteiger partial charge is 0.0602 e. The Morgan fingerprint density at radius 2 is 2.05 bits per heavy atom. The topological polar surface area (TPSA) is 28.2 Å². The zero-order chi connectivity index (χ0) is 15.3. The molecule has 1 aromatic heterocycles. The largest absolute Gasteiger partial charge is 0.306 e. The van der Waals surface area contributed by atoms with E-state index < -0.39 is 0 Å². The molecule has 1 N–H and O–H groups in total. The van der Waals surface area contributed by atoms with Gasteiger partial charge < -0.3 is 5.32 Å². The third-order valence-electron chi connectivity index (χ3n) is 3.58. The van der Waals surface area contributed by atoms with Crippen molar-refractivity contribution in [1.82, 2.24) is 15.2 Å². The minimum Gasteiger partial charge on any atom is -0.306 e. The molecule has 0 saturated heterocycles. The molecule has 21 heavy (non-hydrogen) atoms. The van der Waals surface area contributed by atoms with Gasteiger partial charge in [0.2, 0.25) is 0 Å². The molecule has 1 aromatic rings.